The van der Waals surface area contributed by atoms with E-state index in [-0.39, 0.29) is 5.97 Å². The number of aldehydes is 1. The van der Waals surface area contributed by atoms with Gasteiger partial charge in [0.15, 0.2) is 0 Å². The van der Waals surface area contributed by atoms with Crippen LogP contribution in [0.2, 0.25) is 0 Å². The number of carbonyl (C=O) groups excluding carboxylic acids is 2. The fourth-order valence-corrected chi connectivity index (χ4v) is 1.91. The van der Waals surface area contributed by atoms with Crippen molar-refractivity contribution in [2.24, 2.45) is 0 Å². The van der Waals surface area contributed by atoms with Crippen molar-refractivity contribution in [3.05, 3.63) is 27.5 Å². The molecule has 4 heteroatoms. The molecule has 3 nitrogen and oxygen atoms in total. The molecule has 0 fully saturated rings. The zero-order chi connectivity index (χ0) is 11.3. The number of hydrogen-bond acceptors (Lipinski definition) is 4. The van der Waals surface area contributed by atoms with Gasteiger partial charge in [-0.05, 0) is 37.6 Å². The molecule has 0 radical (unpaired) electrons. The van der Waals surface area contributed by atoms with Gasteiger partial charge >= 0.3 is 5.97 Å². The highest BCUT2D eigenvalue weighted by Crippen LogP contribution is 2.19. The lowest BCUT2D eigenvalue weighted by molar-refractivity contribution is -0.104. The van der Waals surface area contributed by atoms with Gasteiger partial charge in [0.1, 0.15) is 11.2 Å². The third-order valence-electron chi connectivity index (χ3n) is 1.66. The highest BCUT2D eigenvalue weighted by atomic mass is 32.1. The number of carbonyl (C=O) groups is 2. The van der Waals surface area contributed by atoms with Crippen LogP contribution in [-0.2, 0) is 9.53 Å². The van der Waals surface area contributed by atoms with E-state index in [1.807, 2.05) is 0 Å². The van der Waals surface area contributed by atoms with E-state index >= 15 is 0 Å². The molecule has 0 aromatic carbocycles. The lowest BCUT2D eigenvalue weighted by Crippen LogP contribution is -2.01. The first-order valence-electron chi connectivity index (χ1n) is 4.57. The number of rotatable bonds is 4. The first-order chi connectivity index (χ1) is 7.17. The molecular formula is C11H12O3S. The maximum absolute atomic E-state index is 11.3. The normalized spacial score (nSPS) is 11.2. The van der Waals surface area contributed by atoms with Crippen LogP contribution in [0, 0.1) is 0 Å². The molecule has 80 valence electrons. The Hall–Kier alpha value is -1.42. The standard InChI is InChI=1S/C11H12O3S/c1-3-14-11(13)10-5-4-9(15-10)6-8(2)7-12/h4-7H,3H2,1-2H3. The summed E-state index contributed by atoms with van der Waals surface area (Å²) in [6, 6.07) is 3.50. The van der Waals surface area contributed by atoms with Crippen molar-refractivity contribution < 1.29 is 14.3 Å². The Morgan fingerprint density at radius 2 is 2.27 bits per heavy atom. The summed E-state index contributed by atoms with van der Waals surface area (Å²) in [5.74, 6) is -0.314. The SMILES string of the molecule is CCOC(=O)c1ccc(C=C(C)C=O)s1. The van der Waals surface area contributed by atoms with Gasteiger partial charge in [-0.2, -0.15) is 0 Å². The zero-order valence-electron chi connectivity index (χ0n) is 8.65. The fourth-order valence-electron chi connectivity index (χ4n) is 1.00. The summed E-state index contributed by atoms with van der Waals surface area (Å²) < 4.78 is 4.85. The van der Waals surface area contributed by atoms with Crippen molar-refractivity contribution in [1.82, 2.24) is 0 Å². The molecule has 0 saturated heterocycles. The van der Waals surface area contributed by atoms with Crippen LogP contribution in [0.3, 0.4) is 0 Å². The summed E-state index contributed by atoms with van der Waals surface area (Å²) in [5, 5.41) is 0. The molecule has 0 atom stereocenters. The van der Waals surface area contributed by atoms with Crippen molar-refractivity contribution >= 4 is 29.7 Å². The second-order valence-corrected chi connectivity index (χ2v) is 4.04. The first-order valence-corrected chi connectivity index (χ1v) is 5.39. The van der Waals surface area contributed by atoms with Crippen molar-refractivity contribution in [2.75, 3.05) is 6.61 Å². The minimum absolute atomic E-state index is 0.314. The predicted molar refractivity (Wildman–Crippen MR) is 60.0 cm³/mol. The molecule has 0 saturated carbocycles. The molecule has 0 aliphatic carbocycles. The highest BCUT2D eigenvalue weighted by Gasteiger charge is 2.08. The molecule has 1 rings (SSSR count). The number of hydrogen-bond donors (Lipinski definition) is 0. The van der Waals surface area contributed by atoms with Crippen molar-refractivity contribution in [3.63, 3.8) is 0 Å². The number of allylic oxidation sites excluding steroid dienone is 1. The highest BCUT2D eigenvalue weighted by molar-refractivity contribution is 7.14. The van der Waals surface area contributed by atoms with Crippen molar-refractivity contribution in [1.29, 1.82) is 0 Å². The summed E-state index contributed by atoms with van der Waals surface area (Å²) >= 11 is 1.31. The van der Waals surface area contributed by atoms with E-state index in [0.717, 1.165) is 11.2 Å². The Morgan fingerprint density at radius 1 is 1.53 bits per heavy atom. The molecule has 0 spiro atoms. The summed E-state index contributed by atoms with van der Waals surface area (Å²) in [6.07, 6.45) is 2.52. The largest absolute Gasteiger partial charge is 0.462 e. The number of ether oxygens (including phenoxy) is 1. The van der Waals surface area contributed by atoms with E-state index in [0.29, 0.717) is 17.1 Å². The van der Waals surface area contributed by atoms with E-state index in [9.17, 15) is 9.59 Å². The topological polar surface area (TPSA) is 43.4 Å². The Kier molecular flexibility index (Phi) is 4.24. The Morgan fingerprint density at radius 3 is 2.87 bits per heavy atom. The van der Waals surface area contributed by atoms with Crippen molar-refractivity contribution in [2.45, 2.75) is 13.8 Å². The van der Waals surface area contributed by atoms with Crippen LogP contribution < -0.4 is 0 Å². The molecule has 0 unspecified atom stereocenters. The van der Waals surface area contributed by atoms with Gasteiger partial charge in [0, 0.05) is 4.88 Å². The summed E-state index contributed by atoms with van der Waals surface area (Å²) in [7, 11) is 0. The van der Waals surface area contributed by atoms with Gasteiger partial charge in [-0.25, -0.2) is 4.79 Å². The fraction of sp³-hybridized carbons (Fsp3) is 0.273. The van der Waals surface area contributed by atoms with E-state index in [1.54, 1.807) is 32.1 Å². The van der Waals surface area contributed by atoms with Gasteiger partial charge in [0.2, 0.25) is 0 Å². The minimum Gasteiger partial charge on any atom is -0.462 e. The predicted octanol–water partition coefficient (Wildman–Crippen LogP) is 2.53. The first kappa shape index (κ1) is 11.7. The second kappa shape index (κ2) is 5.46. The third kappa shape index (κ3) is 3.32. The molecule has 0 N–H and O–H groups in total. The van der Waals surface area contributed by atoms with Crippen LogP contribution in [-0.4, -0.2) is 18.9 Å². The molecular weight excluding hydrogens is 212 g/mol. The van der Waals surface area contributed by atoms with Crippen LogP contribution >= 0.6 is 11.3 Å². The molecule has 1 heterocycles. The molecule has 0 bridgehead atoms. The van der Waals surface area contributed by atoms with Gasteiger partial charge in [-0.3, -0.25) is 4.79 Å². The van der Waals surface area contributed by atoms with Crippen LogP contribution in [0.5, 0.6) is 0 Å². The zero-order valence-corrected chi connectivity index (χ0v) is 9.47. The maximum Gasteiger partial charge on any atom is 0.348 e. The average Bonchev–Trinajstić information content (AvgIpc) is 2.66. The maximum atomic E-state index is 11.3. The average molecular weight is 224 g/mol. The number of thiophene rings is 1. The molecule has 0 aliphatic heterocycles. The Bertz CT molecular complexity index is 390. The summed E-state index contributed by atoms with van der Waals surface area (Å²) in [5.41, 5.74) is 0.632. The van der Waals surface area contributed by atoms with E-state index in [2.05, 4.69) is 0 Å². The lowest BCUT2D eigenvalue weighted by atomic mass is 10.3. The quantitative estimate of drug-likeness (QED) is 0.448. The van der Waals surface area contributed by atoms with Gasteiger partial charge in [0.25, 0.3) is 0 Å². The minimum atomic E-state index is -0.314. The smallest absolute Gasteiger partial charge is 0.348 e. The van der Waals surface area contributed by atoms with Crippen LogP contribution in [0.15, 0.2) is 17.7 Å². The van der Waals surface area contributed by atoms with Crippen LogP contribution in [0.25, 0.3) is 6.08 Å². The molecule has 1 aromatic rings. The molecule has 15 heavy (non-hydrogen) atoms. The van der Waals surface area contributed by atoms with Crippen LogP contribution in [0.4, 0.5) is 0 Å². The molecule has 1 aromatic heterocycles. The van der Waals surface area contributed by atoms with Crippen molar-refractivity contribution in [3.8, 4) is 0 Å². The third-order valence-corrected chi connectivity index (χ3v) is 2.67. The molecule has 0 aliphatic rings. The Labute approximate surface area is 92.4 Å². The van der Waals surface area contributed by atoms with Gasteiger partial charge in [-0.1, -0.05) is 0 Å². The van der Waals surface area contributed by atoms with E-state index in [4.69, 9.17) is 4.74 Å². The van der Waals surface area contributed by atoms with E-state index in [1.165, 1.54) is 11.3 Å². The monoisotopic (exact) mass is 224 g/mol. The van der Waals surface area contributed by atoms with Gasteiger partial charge < -0.3 is 4.74 Å². The summed E-state index contributed by atoms with van der Waals surface area (Å²) in [4.78, 5) is 23.1. The lowest BCUT2D eigenvalue weighted by Gasteiger charge is -1.96. The molecule has 0 amide bonds. The van der Waals surface area contributed by atoms with E-state index < -0.39 is 0 Å². The second-order valence-electron chi connectivity index (χ2n) is 2.93. The Balaban J connectivity index is 2.80. The van der Waals surface area contributed by atoms with Crippen LogP contribution in [0.1, 0.15) is 28.4 Å². The number of esters is 1. The summed E-state index contributed by atoms with van der Waals surface area (Å²) in [6.45, 7) is 3.86. The van der Waals surface area contributed by atoms with Gasteiger partial charge in [-0.15, -0.1) is 11.3 Å². The van der Waals surface area contributed by atoms with Gasteiger partial charge in [0.05, 0.1) is 6.61 Å².